The van der Waals surface area contributed by atoms with E-state index in [0.717, 1.165) is 6.92 Å². The first-order valence-corrected chi connectivity index (χ1v) is 3.49. The number of carboxylic acid groups (broad SMARTS) is 3. The molecule has 0 spiro atoms. The van der Waals surface area contributed by atoms with Gasteiger partial charge in [0.05, 0.1) is 5.41 Å². The van der Waals surface area contributed by atoms with Crippen LogP contribution < -0.4 is 0 Å². The van der Waals surface area contributed by atoms with Gasteiger partial charge < -0.3 is 15.3 Å². The van der Waals surface area contributed by atoms with Crippen LogP contribution in [-0.2, 0) is 14.4 Å². The zero-order valence-corrected chi connectivity index (χ0v) is 6.77. The number of hydrogen-bond donors (Lipinski definition) is 3. The molecule has 1 atom stereocenters. The zero-order chi connectivity index (χ0) is 10.4. The molecule has 1 saturated carbocycles. The molecule has 1 unspecified atom stereocenters. The molecule has 1 aliphatic rings. The van der Waals surface area contributed by atoms with Gasteiger partial charge in [0.2, 0.25) is 0 Å². The smallest absolute Gasteiger partial charge is 0.322 e. The van der Waals surface area contributed by atoms with E-state index in [1.165, 1.54) is 0 Å². The van der Waals surface area contributed by atoms with E-state index in [1.807, 2.05) is 0 Å². The van der Waals surface area contributed by atoms with E-state index in [9.17, 15) is 14.4 Å². The van der Waals surface area contributed by atoms with E-state index in [-0.39, 0.29) is 6.42 Å². The summed E-state index contributed by atoms with van der Waals surface area (Å²) in [4.78, 5) is 31.8. The molecule has 0 aliphatic heterocycles. The van der Waals surface area contributed by atoms with Gasteiger partial charge in [-0.2, -0.15) is 0 Å². The Hall–Kier alpha value is -1.59. The van der Waals surface area contributed by atoms with Gasteiger partial charge in [-0.15, -0.1) is 0 Å². The Labute approximate surface area is 72.8 Å². The number of rotatable bonds is 3. The highest BCUT2D eigenvalue weighted by molar-refractivity contribution is 6.09. The fourth-order valence-electron chi connectivity index (χ4n) is 1.46. The molecule has 0 bridgehead atoms. The standard InChI is InChI=1S/C7H8O6/c1-6(3(8)9)2-7(6,4(10)11)5(12)13/h2H2,1H3,(H,8,9)(H,10,11)(H,12,13). The van der Waals surface area contributed by atoms with Crippen LogP contribution in [0.2, 0.25) is 0 Å². The van der Waals surface area contributed by atoms with Crippen LogP contribution in [0, 0.1) is 10.8 Å². The number of aliphatic carboxylic acids is 3. The average Bonchev–Trinajstić information content (AvgIpc) is 2.59. The van der Waals surface area contributed by atoms with Crippen molar-refractivity contribution in [1.29, 1.82) is 0 Å². The summed E-state index contributed by atoms with van der Waals surface area (Å²) in [5.41, 5.74) is -3.82. The zero-order valence-electron chi connectivity index (χ0n) is 6.77. The number of carboxylic acids is 3. The summed E-state index contributed by atoms with van der Waals surface area (Å²) in [5, 5.41) is 25.8. The Morgan fingerprint density at radius 2 is 1.38 bits per heavy atom. The minimum atomic E-state index is -2.14. The molecule has 0 amide bonds. The molecule has 0 aromatic rings. The van der Waals surface area contributed by atoms with E-state index in [0.29, 0.717) is 0 Å². The van der Waals surface area contributed by atoms with Gasteiger partial charge >= 0.3 is 17.9 Å². The maximum atomic E-state index is 10.6. The van der Waals surface area contributed by atoms with E-state index in [2.05, 4.69) is 0 Å². The minimum Gasteiger partial charge on any atom is -0.481 e. The van der Waals surface area contributed by atoms with Gasteiger partial charge in [-0.3, -0.25) is 14.4 Å². The molecule has 0 saturated heterocycles. The van der Waals surface area contributed by atoms with E-state index < -0.39 is 28.7 Å². The topological polar surface area (TPSA) is 112 Å². The Bertz CT molecular complexity index is 292. The second-order valence-electron chi connectivity index (χ2n) is 3.33. The molecule has 1 fully saturated rings. The molecular formula is C7H8O6. The van der Waals surface area contributed by atoms with Crippen molar-refractivity contribution in [3.8, 4) is 0 Å². The molecule has 0 aromatic carbocycles. The van der Waals surface area contributed by atoms with E-state index in [1.54, 1.807) is 0 Å². The predicted octanol–water partition coefficient (Wildman–Crippen LogP) is -0.363. The van der Waals surface area contributed by atoms with Crippen molar-refractivity contribution >= 4 is 17.9 Å². The van der Waals surface area contributed by atoms with Crippen molar-refractivity contribution in [2.75, 3.05) is 0 Å². The second-order valence-corrected chi connectivity index (χ2v) is 3.33. The highest BCUT2D eigenvalue weighted by atomic mass is 16.4. The van der Waals surface area contributed by atoms with E-state index >= 15 is 0 Å². The van der Waals surface area contributed by atoms with Crippen LogP contribution in [0.5, 0.6) is 0 Å². The van der Waals surface area contributed by atoms with Gasteiger partial charge in [-0.05, 0) is 13.3 Å². The minimum absolute atomic E-state index is 0.361. The van der Waals surface area contributed by atoms with Gasteiger partial charge in [0.15, 0.2) is 5.41 Å². The van der Waals surface area contributed by atoms with Crippen LogP contribution in [-0.4, -0.2) is 33.2 Å². The maximum Gasteiger partial charge on any atom is 0.322 e. The molecule has 3 N–H and O–H groups in total. The Morgan fingerprint density at radius 3 is 1.46 bits per heavy atom. The van der Waals surface area contributed by atoms with E-state index in [4.69, 9.17) is 15.3 Å². The lowest BCUT2D eigenvalue weighted by Crippen LogP contribution is -2.34. The summed E-state index contributed by atoms with van der Waals surface area (Å²) < 4.78 is 0. The van der Waals surface area contributed by atoms with Crippen molar-refractivity contribution in [2.45, 2.75) is 13.3 Å². The van der Waals surface area contributed by atoms with Crippen LogP contribution in [0.15, 0.2) is 0 Å². The summed E-state index contributed by atoms with van der Waals surface area (Å²) in [7, 11) is 0. The van der Waals surface area contributed by atoms with Gasteiger partial charge in [-0.1, -0.05) is 0 Å². The predicted molar refractivity (Wildman–Crippen MR) is 38.1 cm³/mol. The Balaban J connectivity index is 3.11. The van der Waals surface area contributed by atoms with Crippen LogP contribution in [0.4, 0.5) is 0 Å². The molecule has 0 heterocycles. The lowest BCUT2D eigenvalue weighted by Gasteiger charge is -2.09. The van der Waals surface area contributed by atoms with Crippen molar-refractivity contribution in [2.24, 2.45) is 10.8 Å². The maximum absolute atomic E-state index is 10.6. The molecule has 0 radical (unpaired) electrons. The second kappa shape index (κ2) is 2.21. The summed E-state index contributed by atoms with van der Waals surface area (Å²) in [6, 6.07) is 0. The normalized spacial score (nSPS) is 29.3. The van der Waals surface area contributed by atoms with Crippen LogP contribution in [0.25, 0.3) is 0 Å². The SMILES string of the molecule is CC1(C(=O)O)CC1(C(=O)O)C(=O)O. The van der Waals surface area contributed by atoms with Gasteiger partial charge in [0, 0.05) is 0 Å². The lowest BCUT2D eigenvalue weighted by molar-refractivity contribution is -0.163. The molecule has 6 heteroatoms. The molecule has 0 aromatic heterocycles. The Kier molecular flexibility index (Phi) is 1.62. The van der Waals surface area contributed by atoms with Crippen molar-refractivity contribution in [3.05, 3.63) is 0 Å². The number of carbonyl (C=O) groups is 3. The highest BCUT2D eigenvalue weighted by Gasteiger charge is 2.79. The number of hydrogen-bond acceptors (Lipinski definition) is 3. The Morgan fingerprint density at radius 1 is 1.00 bits per heavy atom. The fraction of sp³-hybridized carbons (Fsp3) is 0.571. The van der Waals surface area contributed by atoms with Gasteiger partial charge in [0.25, 0.3) is 0 Å². The first-order valence-electron chi connectivity index (χ1n) is 3.49. The van der Waals surface area contributed by atoms with Crippen molar-refractivity contribution < 1.29 is 29.7 Å². The third-order valence-electron chi connectivity index (χ3n) is 2.64. The fourth-order valence-corrected chi connectivity index (χ4v) is 1.46. The molecule has 1 rings (SSSR count). The van der Waals surface area contributed by atoms with Gasteiger partial charge in [0.1, 0.15) is 0 Å². The highest BCUT2D eigenvalue weighted by Crippen LogP contribution is 2.64. The monoisotopic (exact) mass is 188 g/mol. The summed E-state index contributed by atoms with van der Waals surface area (Å²) >= 11 is 0. The first-order chi connectivity index (χ1) is 5.79. The van der Waals surface area contributed by atoms with Crippen molar-refractivity contribution in [1.82, 2.24) is 0 Å². The molecule has 6 nitrogen and oxygen atoms in total. The van der Waals surface area contributed by atoms with Gasteiger partial charge in [-0.25, -0.2) is 0 Å². The summed E-state index contributed by atoms with van der Waals surface area (Å²) in [6.45, 7) is 1.12. The third kappa shape index (κ3) is 0.851. The largest absolute Gasteiger partial charge is 0.481 e. The van der Waals surface area contributed by atoms with Crippen LogP contribution >= 0.6 is 0 Å². The quantitative estimate of drug-likeness (QED) is 0.521. The lowest BCUT2D eigenvalue weighted by atomic mass is 9.94. The molecular weight excluding hydrogens is 180 g/mol. The molecule has 1 aliphatic carbocycles. The van der Waals surface area contributed by atoms with Crippen LogP contribution in [0.1, 0.15) is 13.3 Å². The first kappa shape index (κ1) is 9.50. The molecule has 13 heavy (non-hydrogen) atoms. The van der Waals surface area contributed by atoms with Crippen molar-refractivity contribution in [3.63, 3.8) is 0 Å². The van der Waals surface area contributed by atoms with Crippen LogP contribution in [0.3, 0.4) is 0 Å². The average molecular weight is 188 g/mol. The summed E-state index contributed by atoms with van der Waals surface area (Å²) in [6.07, 6.45) is -0.361. The third-order valence-corrected chi connectivity index (χ3v) is 2.64. The molecule has 72 valence electrons. The summed E-state index contributed by atoms with van der Waals surface area (Å²) in [5.74, 6) is -4.58.